The molecule has 1 aliphatic heterocycles. The molecule has 166 valence electrons. The molecule has 0 spiro atoms. The Hall–Kier alpha value is -1.88. The number of amides is 1. The number of hydrogen-bond acceptors (Lipinski definition) is 4. The van der Waals surface area contributed by atoms with Gasteiger partial charge in [0.25, 0.3) is 5.91 Å². The lowest BCUT2D eigenvalue weighted by atomic mass is 10.0. The molecule has 1 aromatic carbocycles. The summed E-state index contributed by atoms with van der Waals surface area (Å²) >= 11 is 0. The average molecular weight is 451 g/mol. The number of hydrogen-bond donors (Lipinski definition) is 2. The number of ether oxygens (including phenoxy) is 2. The van der Waals surface area contributed by atoms with E-state index in [1.807, 2.05) is 0 Å². The van der Waals surface area contributed by atoms with Crippen molar-refractivity contribution in [3.8, 4) is 11.5 Å². The van der Waals surface area contributed by atoms with Crippen molar-refractivity contribution in [3.05, 3.63) is 23.8 Å². The summed E-state index contributed by atoms with van der Waals surface area (Å²) in [5.41, 5.74) is -0.223. The lowest BCUT2D eigenvalue weighted by Crippen LogP contribution is -2.43. The van der Waals surface area contributed by atoms with Gasteiger partial charge >= 0.3 is 12.4 Å². The molecule has 1 amide bonds. The van der Waals surface area contributed by atoms with E-state index in [0.29, 0.717) is 0 Å². The summed E-state index contributed by atoms with van der Waals surface area (Å²) in [5, 5.41) is 5.80. The van der Waals surface area contributed by atoms with E-state index in [1.165, 1.54) is 0 Å². The molecule has 1 aliphatic rings. The molecule has 0 aromatic heterocycles. The minimum Gasteiger partial charge on any atom is -0.484 e. The van der Waals surface area contributed by atoms with Crippen molar-refractivity contribution < 1.29 is 40.6 Å². The molecule has 2 rings (SSSR count). The first-order chi connectivity index (χ1) is 13.0. The lowest BCUT2D eigenvalue weighted by molar-refractivity contribution is -0.153. The smallest absolute Gasteiger partial charge is 0.422 e. The predicted octanol–water partition coefficient (Wildman–Crippen LogP) is 3.86. The van der Waals surface area contributed by atoms with Gasteiger partial charge in [0, 0.05) is 18.7 Å². The summed E-state index contributed by atoms with van der Waals surface area (Å²) in [4.78, 5) is 12.3. The van der Waals surface area contributed by atoms with Crippen LogP contribution in [-0.2, 0) is 0 Å². The SMILES string of the molecule is Cl.O=C(NCC1CCCCN1)c1ccc(OCC(F)(F)F)cc1OCC(F)(F)F. The fourth-order valence-corrected chi connectivity index (χ4v) is 2.63. The van der Waals surface area contributed by atoms with E-state index in [0.717, 1.165) is 44.0 Å². The number of piperidine rings is 1. The molecule has 1 aromatic rings. The van der Waals surface area contributed by atoms with Crippen LogP contribution < -0.4 is 20.1 Å². The Labute approximate surface area is 169 Å². The lowest BCUT2D eigenvalue weighted by Gasteiger charge is -2.24. The Balaban J connectivity index is 0.00000420. The van der Waals surface area contributed by atoms with Crippen molar-refractivity contribution in [2.75, 3.05) is 26.3 Å². The van der Waals surface area contributed by atoms with Crippen LogP contribution in [0.1, 0.15) is 29.6 Å². The monoisotopic (exact) mass is 450 g/mol. The second kappa shape index (κ2) is 10.8. The Morgan fingerprint density at radius 2 is 1.72 bits per heavy atom. The van der Waals surface area contributed by atoms with Gasteiger partial charge in [-0.1, -0.05) is 6.42 Å². The number of benzene rings is 1. The summed E-state index contributed by atoms with van der Waals surface area (Å²) in [6.45, 7) is -2.24. The van der Waals surface area contributed by atoms with Gasteiger partial charge in [-0.3, -0.25) is 4.79 Å². The van der Waals surface area contributed by atoms with E-state index < -0.39 is 37.2 Å². The Kier molecular flexibility index (Phi) is 9.34. The fraction of sp³-hybridized carbons (Fsp3) is 0.588. The second-order valence-corrected chi connectivity index (χ2v) is 6.32. The molecule has 29 heavy (non-hydrogen) atoms. The van der Waals surface area contributed by atoms with Crippen molar-refractivity contribution in [1.82, 2.24) is 10.6 Å². The van der Waals surface area contributed by atoms with Crippen LogP contribution in [0.3, 0.4) is 0 Å². The molecule has 0 radical (unpaired) electrons. The fourth-order valence-electron chi connectivity index (χ4n) is 2.63. The highest BCUT2D eigenvalue weighted by Gasteiger charge is 2.31. The van der Waals surface area contributed by atoms with Crippen molar-refractivity contribution in [2.24, 2.45) is 0 Å². The van der Waals surface area contributed by atoms with Gasteiger partial charge in [-0.25, -0.2) is 0 Å². The molecule has 1 atom stereocenters. The Bertz CT molecular complexity index is 664. The first-order valence-corrected chi connectivity index (χ1v) is 8.58. The van der Waals surface area contributed by atoms with Gasteiger partial charge in [-0.2, -0.15) is 26.3 Å². The molecule has 12 heteroatoms. The molecule has 0 saturated carbocycles. The van der Waals surface area contributed by atoms with E-state index in [-0.39, 0.29) is 36.3 Å². The zero-order valence-electron chi connectivity index (χ0n) is 15.2. The maximum absolute atomic E-state index is 12.5. The van der Waals surface area contributed by atoms with Crippen molar-refractivity contribution >= 4 is 18.3 Å². The van der Waals surface area contributed by atoms with Crippen LogP contribution in [0.15, 0.2) is 18.2 Å². The summed E-state index contributed by atoms with van der Waals surface area (Å²) in [7, 11) is 0. The van der Waals surface area contributed by atoms with E-state index in [2.05, 4.69) is 20.1 Å². The summed E-state index contributed by atoms with van der Waals surface area (Å²) < 4.78 is 83.3. The van der Waals surface area contributed by atoms with E-state index in [9.17, 15) is 31.1 Å². The first-order valence-electron chi connectivity index (χ1n) is 8.58. The van der Waals surface area contributed by atoms with E-state index in [1.54, 1.807) is 0 Å². The number of rotatable bonds is 7. The summed E-state index contributed by atoms with van der Waals surface area (Å²) in [5.74, 6) is -1.56. The Morgan fingerprint density at radius 1 is 1.07 bits per heavy atom. The van der Waals surface area contributed by atoms with Gasteiger partial charge in [0.15, 0.2) is 13.2 Å². The number of carbonyl (C=O) groups excluding carboxylic acids is 1. The number of halogens is 7. The van der Waals surface area contributed by atoms with Gasteiger partial charge < -0.3 is 20.1 Å². The highest BCUT2D eigenvalue weighted by Crippen LogP contribution is 2.28. The summed E-state index contributed by atoms with van der Waals surface area (Å²) in [6.07, 6.45) is -6.42. The molecule has 1 fully saturated rings. The minimum atomic E-state index is -4.68. The number of nitrogens with one attached hydrogen (secondary N) is 2. The van der Waals surface area contributed by atoms with Crippen LogP contribution in [0.4, 0.5) is 26.3 Å². The molecular formula is C17H21ClF6N2O3. The van der Waals surface area contributed by atoms with Crippen molar-refractivity contribution in [1.29, 1.82) is 0 Å². The number of carbonyl (C=O) groups is 1. The van der Waals surface area contributed by atoms with Crippen LogP contribution in [0.5, 0.6) is 11.5 Å². The standard InChI is InChI=1S/C17H20F6N2O3.ClH/c18-16(19,20)9-27-12-4-5-13(14(7-12)28-10-17(21,22)23)15(26)25-8-11-3-1-2-6-24-11;/h4-5,7,11,24H,1-3,6,8-10H2,(H,25,26);1H. The molecule has 0 aliphatic carbocycles. The van der Waals surface area contributed by atoms with Crippen molar-refractivity contribution in [2.45, 2.75) is 37.7 Å². The summed E-state index contributed by atoms with van der Waals surface area (Å²) in [6, 6.07) is 3.03. The molecule has 2 N–H and O–H groups in total. The topological polar surface area (TPSA) is 59.6 Å². The average Bonchev–Trinajstić information content (AvgIpc) is 2.62. The normalized spacial score (nSPS) is 17.2. The molecule has 1 heterocycles. The number of alkyl halides is 6. The molecule has 1 unspecified atom stereocenters. The second-order valence-electron chi connectivity index (χ2n) is 6.32. The van der Waals surface area contributed by atoms with E-state index >= 15 is 0 Å². The zero-order valence-corrected chi connectivity index (χ0v) is 16.0. The Morgan fingerprint density at radius 3 is 2.31 bits per heavy atom. The van der Waals surface area contributed by atoms with Gasteiger partial charge in [0.2, 0.25) is 0 Å². The third-order valence-corrected chi connectivity index (χ3v) is 3.91. The maximum atomic E-state index is 12.5. The van der Waals surface area contributed by atoms with Crippen LogP contribution in [0, 0.1) is 0 Å². The third-order valence-electron chi connectivity index (χ3n) is 3.91. The van der Waals surface area contributed by atoms with Crippen LogP contribution in [0.25, 0.3) is 0 Å². The molecule has 1 saturated heterocycles. The molecule has 5 nitrogen and oxygen atoms in total. The van der Waals surface area contributed by atoms with Gasteiger partial charge in [-0.05, 0) is 31.5 Å². The van der Waals surface area contributed by atoms with E-state index in [4.69, 9.17) is 0 Å². The van der Waals surface area contributed by atoms with Crippen LogP contribution in [-0.4, -0.2) is 50.6 Å². The van der Waals surface area contributed by atoms with Crippen LogP contribution >= 0.6 is 12.4 Å². The first kappa shape index (κ1) is 25.2. The molecule has 0 bridgehead atoms. The minimum absolute atomic E-state index is 0. The van der Waals surface area contributed by atoms with Gasteiger partial charge in [0.05, 0.1) is 5.56 Å². The van der Waals surface area contributed by atoms with Crippen LogP contribution in [0.2, 0.25) is 0 Å². The quantitative estimate of drug-likeness (QED) is 0.619. The third kappa shape index (κ3) is 9.44. The van der Waals surface area contributed by atoms with Gasteiger partial charge in [0.1, 0.15) is 11.5 Å². The van der Waals surface area contributed by atoms with Crippen molar-refractivity contribution in [3.63, 3.8) is 0 Å². The highest BCUT2D eigenvalue weighted by atomic mass is 35.5. The maximum Gasteiger partial charge on any atom is 0.422 e. The molecular weight excluding hydrogens is 430 g/mol. The zero-order chi connectivity index (χ0) is 20.8. The predicted molar refractivity (Wildman–Crippen MR) is 94.8 cm³/mol. The van der Waals surface area contributed by atoms with Gasteiger partial charge in [-0.15, -0.1) is 12.4 Å². The highest BCUT2D eigenvalue weighted by molar-refractivity contribution is 5.97. The largest absolute Gasteiger partial charge is 0.484 e.